The van der Waals surface area contributed by atoms with Crippen LogP contribution in [-0.2, 0) is 6.42 Å². The molecule has 2 radical (unpaired) electrons. The van der Waals surface area contributed by atoms with E-state index in [4.69, 9.17) is 7.05 Å². The van der Waals surface area contributed by atoms with Gasteiger partial charge in [0.25, 0.3) is 5.56 Å². The van der Waals surface area contributed by atoms with E-state index in [2.05, 4.69) is 60.9 Å². The smallest absolute Gasteiger partial charge is 0.269 e. The van der Waals surface area contributed by atoms with Crippen LogP contribution in [0.15, 0.2) is 59.9 Å². The van der Waals surface area contributed by atoms with Crippen LogP contribution in [0.2, 0.25) is 0 Å². The zero-order chi connectivity index (χ0) is 21.3. The fourth-order valence-corrected chi connectivity index (χ4v) is 4.71. The summed E-state index contributed by atoms with van der Waals surface area (Å²) in [6.07, 6.45) is 4.80. The predicted molar refractivity (Wildman–Crippen MR) is 123 cm³/mol. The molecule has 5 heteroatoms. The first-order valence-corrected chi connectivity index (χ1v) is 10.5. The van der Waals surface area contributed by atoms with Crippen LogP contribution in [0.1, 0.15) is 23.1 Å². The van der Waals surface area contributed by atoms with Gasteiger partial charge in [0, 0.05) is 24.3 Å². The van der Waals surface area contributed by atoms with Gasteiger partial charge in [0.2, 0.25) is 0 Å². The van der Waals surface area contributed by atoms with Gasteiger partial charge >= 0.3 is 0 Å². The SMILES string of the molecule is [CH]n1c(=O)/c(=C/c2ccc3c(c2)CCN3c2ccc(C)cc2)s/c1=C(\C#N)CC=C. The minimum absolute atomic E-state index is 0.298. The van der Waals surface area contributed by atoms with Crippen molar-refractivity contribution in [3.05, 3.63) is 98.4 Å². The summed E-state index contributed by atoms with van der Waals surface area (Å²) in [6, 6.07) is 16.9. The van der Waals surface area contributed by atoms with E-state index >= 15 is 0 Å². The van der Waals surface area contributed by atoms with Crippen molar-refractivity contribution in [1.29, 1.82) is 5.26 Å². The molecule has 0 bridgehead atoms. The molecule has 30 heavy (non-hydrogen) atoms. The molecule has 1 aromatic heterocycles. The second-order valence-electron chi connectivity index (χ2n) is 7.30. The summed E-state index contributed by atoms with van der Waals surface area (Å²) in [4.78, 5) is 14.9. The molecule has 4 nitrogen and oxygen atoms in total. The summed E-state index contributed by atoms with van der Waals surface area (Å²) in [5.74, 6) is 0. The minimum Gasteiger partial charge on any atom is -0.341 e. The maximum atomic E-state index is 12.6. The lowest BCUT2D eigenvalue weighted by molar-refractivity contribution is 0.983. The van der Waals surface area contributed by atoms with Gasteiger partial charge in [0.15, 0.2) is 0 Å². The standard InChI is InChI=1S/C25H21N3OS/c1-4-5-20(16-26)25-27(3)24(29)23(30-25)15-18-8-11-22-19(14-18)12-13-28(22)21-9-6-17(2)7-10-21/h3-4,6-11,14-15H,1,5,12-13H2,2H3/b23-15-,25-20-. The lowest BCUT2D eigenvalue weighted by Crippen LogP contribution is -2.28. The van der Waals surface area contributed by atoms with Crippen molar-refractivity contribution in [2.75, 3.05) is 11.4 Å². The molecule has 0 aliphatic carbocycles. The largest absolute Gasteiger partial charge is 0.341 e. The van der Waals surface area contributed by atoms with Crippen LogP contribution in [-0.4, -0.2) is 11.1 Å². The Kier molecular flexibility index (Phi) is 5.43. The van der Waals surface area contributed by atoms with Crippen molar-refractivity contribution in [2.24, 2.45) is 0 Å². The van der Waals surface area contributed by atoms with Crippen molar-refractivity contribution in [1.82, 2.24) is 4.57 Å². The fourth-order valence-electron chi connectivity index (χ4n) is 3.69. The Morgan fingerprint density at radius 3 is 2.77 bits per heavy atom. The third-order valence-electron chi connectivity index (χ3n) is 5.24. The van der Waals surface area contributed by atoms with E-state index in [9.17, 15) is 10.1 Å². The number of hydrogen-bond donors (Lipinski definition) is 0. The summed E-state index contributed by atoms with van der Waals surface area (Å²) >= 11 is 1.24. The first-order valence-electron chi connectivity index (χ1n) is 9.72. The van der Waals surface area contributed by atoms with Crippen LogP contribution in [0.25, 0.3) is 11.6 Å². The number of nitriles is 1. The van der Waals surface area contributed by atoms with Crippen LogP contribution < -0.4 is 19.7 Å². The van der Waals surface area contributed by atoms with Gasteiger partial charge in [-0.25, -0.2) is 0 Å². The monoisotopic (exact) mass is 411 g/mol. The lowest BCUT2D eigenvalue weighted by atomic mass is 10.1. The molecule has 2 aromatic carbocycles. The fraction of sp³-hybridized carbons (Fsp3) is 0.160. The average molecular weight is 412 g/mol. The lowest BCUT2D eigenvalue weighted by Gasteiger charge is -2.19. The van der Waals surface area contributed by atoms with Gasteiger partial charge in [-0.3, -0.25) is 9.36 Å². The zero-order valence-corrected chi connectivity index (χ0v) is 17.6. The number of nitrogens with zero attached hydrogens (tertiary/aromatic N) is 3. The van der Waals surface area contributed by atoms with E-state index in [1.54, 1.807) is 6.08 Å². The molecule has 4 rings (SSSR count). The molecule has 148 valence electrons. The van der Waals surface area contributed by atoms with Gasteiger partial charge in [0.05, 0.1) is 23.2 Å². The molecule has 3 aromatic rings. The highest BCUT2D eigenvalue weighted by Gasteiger charge is 2.20. The highest BCUT2D eigenvalue weighted by molar-refractivity contribution is 7.07. The summed E-state index contributed by atoms with van der Waals surface area (Å²) in [5, 5.41) is 9.35. The number of aromatic nitrogens is 1. The van der Waals surface area contributed by atoms with E-state index in [1.807, 2.05) is 12.1 Å². The van der Waals surface area contributed by atoms with E-state index in [-0.39, 0.29) is 5.56 Å². The van der Waals surface area contributed by atoms with Gasteiger partial charge in [-0.05, 0) is 54.8 Å². The number of allylic oxidation sites excluding steroid dienone is 1. The summed E-state index contributed by atoms with van der Waals surface area (Å²) < 4.78 is 2.04. The molecule has 1 aliphatic heterocycles. The summed E-state index contributed by atoms with van der Waals surface area (Å²) in [5.41, 5.74) is 5.98. The van der Waals surface area contributed by atoms with Gasteiger partial charge in [-0.1, -0.05) is 29.8 Å². The Labute approximate surface area is 180 Å². The normalized spacial score (nSPS) is 14.4. The third-order valence-corrected chi connectivity index (χ3v) is 6.39. The van der Waals surface area contributed by atoms with Gasteiger partial charge < -0.3 is 4.90 Å². The average Bonchev–Trinajstić information content (AvgIpc) is 3.29. The number of rotatable bonds is 4. The number of hydrogen-bond acceptors (Lipinski definition) is 4. The second-order valence-corrected chi connectivity index (χ2v) is 8.33. The minimum atomic E-state index is -0.298. The van der Waals surface area contributed by atoms with Crippen molar-refractivity contribution < 1.29 is 0 Å². The highest BCUT2D eigenvalue weighted by Crippen LogP contribution is 2.35. The highest BCUT2D eigenvalue weighted by atomic mass is 32.1. The molecule has 0 saturated heterocycles. The topological polar surface area (TPSA) is 49.0 Å². The molecule has 1 aliphatic rings. The Bertz CT molecular complexity index is 1340. The van der Waals surface area contributed by atoms with E-state index in [1.165, 1.54) is 33.8 Å². The first-order chi connectivity index (χ1) is 14.5. The van der Waals surface area contributed by atoms with Gasteiger partial charge in [0.1, 0.15) is 4.66 Å². The molecule has 0 amide bonds. The molecule has 0 unspecified atom stereocenters. The Balaban J connectivity index is 1.74. The van der Waals surface area contributed by atoms with Crippen molar-refractivity contribution in [3.63, 3.8) is 0 Å². The molecular weight excluding hydrogens is 390 g/mol. The van der Waals surface area contributed by atoms with Crippen LogP contribution >= 0.6 is 11.3 Å². The Morgan fingerprint density at radius 1 is 1.30 bits per heavy atom. The first kappa shape index (κ1) is 19.9. The van der Waals surface area contributed by atoms with E-state index in [0.29, 0.717) is 21.2 Å². The quantitative estimate of drug-likeness (QED) is 0.618. The predicted octanol–water partition coefficient (Wildman–Crippen LogP) is 3.51. The van der Waals surface area contributed by atoms with Crippen LogP contribution in [0.3, 0.4) is 0 Å². The van der Waals surface area contributed by atoms with Gasteiger partial charge in [-0.15, -0.1) is 17.9 Å². The summed E-state index contributed by atoms with van der Waals surface area (Å²) in [6.45, 7) is 6.68. The number of benzene rings is 2. The number of thiazole rings is 1. The molecule has 0 spiro atoms. The van der Waals surface area contributed by atoms with Crippen molar-refractivity contribution in [3.8, 4) is 6.07 Å². The molecular formula is C25H21N3OS. The zero-order valence-electron chi connectivity index (χ0n) is 16.8. The Morgan fingerprint density at radius 2 is 2.07 bits per heavy atom. The van der Waals surface area contributed by atoms with Crippen molar-refractivity contribution in [2.45, 2.75) is 19.8 Å². The molecule has 0 fully saturated rings. The number of aryl methyl sites for hydroxylation is 1. The van der Waals surface area contributed by atoms with Crippen LogP contribution in [0.4, 0.5) is 11.4 Å². The maximum absolute atomic E-state index is 12.6. The third kappa shape index (κ3) is 3.62. The van der Waals surface area contributed by atoms with Crippen LogP contribution in [0, 0.1) is 25.3 Å². The summed E-state index contributed by atoms with van der Waals surface area (Å²) in [7, 11) is 5.93. The number of anilines is 2. The molecule has 2 heterocycles. The van der Waals surface area contributed by atoms with Gasteiger partial charge in [-0.2, -0.15) is 5.26 Å². The molecule has 0 atom stereocenters. The maximum Gasteiger partial charge on any atom is 0.269 e. The van der Waals surface area contributed by atoms with E-state index < -0.39 is 0 Å². The van der Waals surface area contributed by atoms with Crippen LogP contribution in [0.5, 0.6) is 0 Å². The van der Waals surface area contributed by atoms with Crippen molar-refractivity contribution >= 4 is 34.4 Å². The second kappa shape index (κ2) is 8.17. The Hall–Kier alpha value is -3.36. The molecule has 0 N–H and O–H groups in total. The molecule has 0 saturated carbocycles. The number of fused-ring (bicyclic) bond motifs is 1. The van der Waals surface area contributed by atoms with E-state index in [0.717, 1.165) is 23.1 Å².